The van der Waals surface area contributed by atoms with Crippen LogP contribution in [0.5, 0.6) is 5.75 Å². The molecule has 5 aromatic rings. The molecular formula is C23H19N5O2. The smallest absolute Gasteiger partial charge is 0.261 e. The highest BCUT2D eigenvalue weighted by molar-refractivity contribution is 6.08. The quantitative estimate of drug-likeness (QED) is 0.498. The fraction of sp³-hybridized carbons (Fsp3) is 0.130. The molecule has 0 fully saturated rings. The van der Waals surface area contributed by atoms with Crippen LogP contribution in [0.2, 0.25) is 0 Å². The standard InChI is InChI=1S/C23H19N5O2/c1-13-18-19(15-9-11-17(30-3)12-10-15)20-21(24-14(2)25-23(20)29)26-22(18)28(27-13)16-7-5-4-6-8-16/h4-12H,1-3H3,(H,24,25,26,29). The number of hydrogen-bond acceptors (Lipinski definition) is 5. The van der Waals surface area contributed by atoms with Gasteiger partial charge in [0.25, 0.3) is 5.56 Å². The van der Waals surface area contributed by atoms with Crippen LogP contribution in [0, 0.1) is 13.8 Å². The lowest BCUT2D eigenvalue weighted by Crippen LogP contribution is -2.12. The lowest BCUT2D eigenvalue weighted by atomic mass is 9.98. The monoisotopic (exact) mass is 397 g/mol. The van der Waals surface area contributed by atoms with Crippen molar-refractivity contribution in [2.24, 2.45) is 0 Å². The Balaban J connectivity index is 1.96. The molecule has 7 heteroatoms. The van der Waals surface area contributed by atoms with Crippen LogP contribution >= 0.6 is 0 Å². The molecule has 30 heavy (non-hydrogen) atoms. The molecule has 0 amide bonds. The topological polar surface area (TPSA) is 85.7 Å². The Morgan fingerprint density at radius 3 is 2.37 bits per heavy atom. The highest BCUT2D eigenvalue weighted by Crippen LogP contribution is 2.36. The van der Waals surface area contributed by atoms with E-state index in [0.717, 1.165) is 33.6 Å². The van der Waals surface area contributed by atoms with Crippen LogP contribution in [0.3, 0.4) is 0 Å². The van der Waals surface area contributed by atoms with Gasteiger partial charge in [-0.15, -0.1) is 0 Å². The van der Waals surface area contributed by atoms with Crippen LogP contribution in [-0.4, -0.2) is 31.8 Å². The molecule has 7 nitrogen and oxygen atoms in total. The van der Waals surface area contributed by atoms with Gasteiger partial charge in [0.05, 0.1) is 29.3 Å². The summed E-state index contributed by atoms with van der Waals surface area (Å²) in [6.07, 6.45) is 0. The van der Waals surface area contributed by atoms with E-state index < -0.39 is 0 Å². The van der Waals surface area contributed by atoms with Gasteiger partial charge in [0, 0.05) is 5.56 Å². The van der Waals surface area contributed by atoms with Crippen molar-refractivity contribution in [3.8, 4) is 22.6 Å². The minimum Gasteiger partial charge on any atom is -0.497 e. The van der Waals surface area contributed by atoms with Crippen molar-refractivity contribution in [1.29, 1.82) is 0 Å². The number of methoxy groups -OCH3 is 1. The van der Waals surface area contributed by atoms with Crippen LogP contribution in [0.25, 0.3) is 38.9 Å². The van der Waals surface area contributed by atoms with Gasteiger partial charge in [-0.25, -0.2) is 14.6 Å². The number of H-pyrrole nitrogens is 1. The van der Waals surface area contributed by atoms with E-state index >= 15 is 0 Å². The molecule has 2 aromatic carbocycles. The first-order valence-corrected chi connectivity index (χ1v) is 9.56. The van der Waals surface area contributed by atoms with E-state index in [9.17, 15) is 4.79 Å². The number of fused-ring (bicyclic) bond motifs is 2. The van der Waals surface area contributed by atoms with Crippen molar-refractivity contribution in [1.82, 2.24) is 24.7 Å². The predicted octanol–water partition coefficient (Wildman–Crippen LogP) is 3.95. The maximum atomic E-state index is 13.0. The number of benzene rings is 2. The summed E-state index contributed by atoms with van der Waals surface area (Å²) in [5.74, 6) is 1.26. The number of pyridine rings is 1. The van der Waals surface area contributed by atoms with Crippen LogP contribution in [0.15, 0.2) is 59.4 Å². The lowest BCUT2D eigenvalue weighted by Gasteiger charge is -2.10. The van der Waals surface area contributed by atoms with E-state index in [4.69, 9.17) is 14.8 Å². The van der Waals surface area contributed by atoms with E-state index in [-0.39, 0.29) is 5.56 Å². The van der Waals surface area contributed by atoms with Crippen LogP contribution in [0.4, 0.5) is 0 Å². The van der Waals surface area contributed by atoms with Crippen LogP contribution < -0.4 is 10.3 Å². The van der Waals surface area contributed by atoms with E-state index in [0.29, 0.717) is 22.5 Å². The van der Waals surface area contributed by atoms with Gasteiger partial charge in [0.1, 0.15) is 11.6 Å². The van der Waals surface area contributed by atoms with Crippen molar-refractivity contribution in [3.05, 3.63) is 76.5 Å². The van der Waals surface area contributed by atoms with Crippen molar-refractivity contribution in [2.75, 3.05) is 7.11 Å². The Bertz CT molecular complexity index is 1450. The molecule has 0 saturated heterocycles. The molecule has 0 aliphatic heterocycles. The second kappa shape index (κ2) is 6.81. The zero-order chi connectivity index (χ0) is 20.8. The Hall–Kier alpha value is -4.00. The van der Waals surface area contributed by atoms with Gasteiger partial charge in [0.15, 0.2) is 11.3 Å². The molecule has 0 aliphatic carbocycles. The maximum Gasteiger partial charge on any atom is 0.261 e. The van der Waals surface area contributed by atoms with Crippen molar-refractivity contribution in [2.45, 2.75) is 13.8 Å². The number of aromatic nitrogens is 5. The SMILES string of the molecule is COc1ccc(-c2c3c(C)nn(-c4ccccc4)c3nc3nc(C)[nH]c(=O)c23)cc1. The summed E-state index contributed by atoms with van der Waals surface area (Å²) in [7, 11) is 1.63. The third kappa shape index (κ3) is 2.75. The predicted molar refractivity (Wildman–Crippen MR) is 116 cm³/mol. The molecule has 0 bridgehead atoms. The molecular weight excluding hydrogens is 378 g/mol. The zero-order valence-corrected chi connectivity index (χ0v) is 16.8. The summed E-state index contributed by atoms with van der Waals surface area (Å²) in [6.45, 7) is 3.68. The van der Waals surface area contributed by atoms with E-state index in [1.807, 2.05) is 61.5 Å². The Morgan fingerprint density at radius 1 is 0.933 bits per heavy atom. The van der Waals surface area contributed by atoms with Crippen molar-refractivity contribution in [3.63, 3.8) is 0 Å². The number of aromatic amines is 1. The first-order valence-electron chi connectivity index (χ1n) is 9.56. The van der Waals surface area contributed by atoms with Crippen LogP contribution in [0.1, 0.15) is 11.5 Å². The molecule has 0 saturated carbocycles. The third-order valence-corrected chi connectivity index (χ3v) is 5.15. The summed E-state index contributed by atoms with van der Waals surface area (Å²) in [5, 5.41) is 6.02. The third-order valence-electron chi connectivity index (χ3n) is 5.15. The van der Waals surface area contributed by atoms with Crippen molar-refractivity contribution < 1.29 is 4.74 Å². The number of hydrogen-bond donors (Lipinski definition) is 1. The lowest BCUT2D eigenvalue weighted by molar-refractivity contribution is 0.415. The largest absolute Gasteiger partial charge is 0.497 e. The maximum absolute atomic E-state index is 13.0. The fourth-order valence-corrected chi connectivity index (χ4v) is 3.81. The molecule has 0 spiro atoms. The summed E-state index contributed by atoms with van der Waals surface area (Å²) < 4.78 is 7.10. The summed E-state index contributed by atoms with van der Waals surface area (Å²) in [6, 6.07) is 17.4. The minimum atomic E-state index is -0.218. The second-order valence-corrected chi connectivity index (χ2v) is 7.10. The molecule has 5 rings (SSSR count). The minimum absolute atomic E-state index is 0.218. The number of aryl methyl sites for hydroxylation is 2. The number of para-hydroxylation sites is 1. The normalized spacial score (nSPS) is 11.3. The van der Waals surface area contributed by atoms with Crippen molar-refractivity contribution >= 4 is 22.1 Å². The number of ether oxygens (including phenoxy) is 1. The average molecular weight is 397 g/mol. The van der Waals surface area contributed by atoms with Crippen LogP contribution in [-0.2, 0) is 0 Å². The molecule has 0 aliphatic rings. The molecule has 0 atom stereocenters. The molecule has 0 unspecified atom stereocenters. The van der Waals surface area contributed by atoms with Gasteiger partial charge in [0.2, 0.25) is 0 Å². The highest BCUT2D eigenvalue weighted by Gasteiger charge is 2.21. The summed E-state index contributed by atoms with van der Waals surface area (Å²) >= 11 is 0. The summed E-state index contributed by atoms with van der Waals surface area (Å²) in [4.78, 5) is 25.1. The number of nitrogens with one attached hydrogen (secondary N) is 1. The van der Waals surface area contributed by atoms with E-state index in [1.54, 1.807) is 18.7 Å². The molecule has 0 radical (unpaired) electrons. The van der Waals surface area contributed by atoms with Gasteiger partial charge in [-0.2, -0.15) is 5.10 Å². The van der Waals surface area contributed by atoms with Gasteiger partial charge in [-0.1, -0.05) is 30.3 Å². The number of rotatable bonds is 3. The van der Waals surface area contributed by atoms with E-state index in [1.165, 1.54) is 0 Å². The fourth-order valence-electron chi connectivity index (χ4n) is 3.81. The first-order chi connectivity index (χ1) is 14.6. The molecule has 3 aromatic heterocycles. The zero-order valence-electron chi connectivity index (χ0n) is 16.8. The Labute approximate surface area is 172 Å². The number of nitrogens with zero attached hydrogens (tertiary/aromatic N) is 4. The Morgan fingerprint density at radius 2 is 1.67 bits per heavy atom. The highest BCUT2D eigenvalue weighted by atomic mass is 16.5. The van der Waals surface area contributed by atoms with Gasteiger partial charge < -0.3 is 9.72 Å². The Kier molecular flexibility index (Phi) is 4.10. The summed E-state index contributed by atoms with van der Waals surface area (Å²) in [5.41, 5.74) is 4.16. The molecule has 1 N–H and O–H groups in total. The van der Waals surface area contributed by atoms with E-state index in [2.05, 4.69) is 9.97 Å². The average Bonchev–Trinajstić information content (AvgIpc) is 3.09. The molecule has 3 heterocycles. The van der Waals surface area contributed by atoms with Gasteiger partial charge >= 0.3 is 0 Å². The first kappa shape index (κ1) is 18.1. The van der Waals surface area contributed by atoms with Gasteiger partial charge in [-0.05, 0) is 43.7 Å². The molecule has 148 valence electrons. The second-order valence-electron chi connectivity index (χ2n) is 7.10. The van der Waals surface area contributed by atoms with Gasteiger partial charge in [-0.3, -0.25) is 4.79 Å².